The maximum Gasteiger partial charge on any atom is 0.417 e. The molecular weight excluding hydrogens is 229 g/mol. The second-order valence-electron chi connectivity index (χ2n) is 4.60. The van der Waals surface area contributed by atoms with Gasteiger partial charge in [-0.15, -0.1) is 0 Å². The van der Waals surface area contributed by atoms with Crippen LogP contribution in [0.25, 0.3) is 0 Å². The molecule has 0 aliphatic heterocycles. The van der Waals surface area contributed by atoms with E-state index in [0.717, 1.165) is 31.0 Å². The average molecular weight is 244 g/mol. The minimum absolute atomic E-state index is 0.252. The summed E-state index contributed by atoms with van der Waals surface area (Å²) in [5.41, 5.74) is 5.70. The Labute approximate surface area is 98.0 Å². The van der Waals surface area contributed by atoms with E-state index < -0.39 is 11.7 Å². The van der Waals surface area contributed by atoms with Crippen LogP contribution < -0.4 is 5.73 Å². The monoisotopic (exact) mass is 244 g/mol. The van der Waals surface area contributed by atoms with Crippen LogP contribution >= 0.6 is 0 Å². The van der Waals surface area contributed by atoms with Gasteiger partial charge < -0.3 is 5.73 Å². The fourth-order valence-electron chi connectivity index (χ4n) is 1.76. The molecule has 2 rings (SSSR count). The van der Waals surface area contributed by atoms with Crippen LogP contribution in [-0.2, 0) is 6.18 Å². The summed E-state index contributed by atoms with van der Waals surface area (Å²) >= 11 is 0. The van der Waals surface area contributed by atoms with E-state index in [2.05, 4.69) is 4.98 Å². The second kappa shape index (κ2) is 4.64. The number of hydrogen-bond donors (Lipinski definition) is 1. The minimum Gasteiger partial charge on any atom is -0.323 e. The molecule has 0 bridgehead atoms. The lowest BCUT2D eigenvalue weighted by atomic mass is 10.1. The second-order valence-corrected chi connectivity index (χ2v) is 4.60. The van der Waals surface area contributed by atoms with Crippen LogP contribution in [-0.4, -0.2) is 4.98 Å². The van der Waals surface area contributed by atoms with Crippen molar-refractivity contribution >= 4 is 0 Å². The summed E-state index contributed by atoms with van der Waals surface area (Å²) in [6.45, 7) is 0. The van der Waals surface area contributed by atoms with Crippen molar-refractivity contribution in [3.63, 3.8) is 0 Å². The van der Waals surface area contributed by atoms with Crippen molar-refractivity contribution in [2.75, 3.05) is 0 Å². The van der Waals surface area contributed by atoms with Crippen molar-refractivity contribution in [3.8, 4) is 0 Å². The van der Waals surface area contributed by atoms with Gasteiger partial charge in [-0.3, -0.25) is 4.98 Å². The molecule has 1 aromatic heterocycles. The van der Waals surface area contributed by atoms with Crippen molar-refractivity contribution in [3.05, 3.63) is 29.6 Å². The number of nitrogens with zero attached hydrogens (tertiary/aromatic N) is 1. The third kappa shape index (κ3) is 3.43. The van der Waals surface area contributed by atoms with Crippen molar-refractivity contribution in [2.45, 2.75) is 37.9 Å². The SMILES string of the molecule is NC(CCC1CC1)c1ccc(C(F)(F)F)cn1. The summed E-state index contributed by atoms with van der Waals surface area (Å²) in [5.74, 6) is 0.774. The normalized spacial score (nSPS) is 18.1. The minimum atomic E-state index is -4.33. The van der Waals surface area contributed by atoms with E-state index in [9.17, 15) is 13.2 Å². The molecule has 1 unspecified atom stereocenters. The first-order valence-corrected chi connectivity index (χ1v) is 5.75. The molecular formula is C12H15F3N2. The third-order valence-electron chi connectivity index (χ3n) is 3.08. The topological polar surface area (TPSA) is 38.9 Å². The number of alkyl halides is 3. The average Bonchev–Trinajstić information content (AvgIpc) is 3.09. The highest BCUT2D eigenvalue weighted by Crippen LogP contribution is 2.35. The number of hydrogen-bond acceptors (Lipinski definition) is 2. The Hall–Kier alpha value is -1.10. The van der Waals surface area contributed by atoms with Crippen LogP contribution in [0.2, 0.25) is 0 Å². The van der Waals surface area contributed by atoms with Gasteiger partial charge in [0.2, 0.25) is 0 Å². The van der Waals surface area contributed by atoms with E-state index in [1.54, 1.807) is 0 Å². The predicted octanol–water partition coefficient (Wildman–Crippen LogP) is 3.29. The van der Waals surface area contributed by atoms with E-state index in [1.807, 2.05) is 0 Å². The molecule has 1 aliphatic carbocycles. The van der Waals surface area contributed by atoms with Gasteiger partial charge in [-0.1, -0.05) is 12.8 Å². The fraction of sp³-hybridized carbons (Fsp3) is 0.583. The quantitative estimate of drug-likeness (QED) is 0.882. The molecule has 5 heteroatoms. The van der Waals surface area contributed by atoms with Gasteiger partial charge >= 0.3 is 6.18 Å². The van der Waals surface area contributed by atoms with E-state index in [-0.39, 0.29) is 6.04 Å². The first-order valence-electron chi connectivity index (χ1n) is 5.75. The molecule has 0 amide bonds. The summed E-state index contributed by atoms with van der Waals surface area (Å²) in [7, 11) is 0. The Kier molecular flexibility index (Phi) is 3.38. The number of aromatic nitrogens is 1. The predicted molar refractivity (Wildman–Crippen MR) is 58.1 cm³/mol. The van der Waals surface area contributed by atoms with Crippen LogP contribution in [0.15, 0.2) is 18.3 Å². The first-order chi connectivity index (χ1) is 7.97. The van der Waals surface area contributed by atoms with Gasteiger partial charge in [-0.05, 0) is 30.9 Å². The molecule has 0 spiro atoms. The zero-order valence-corrected chi connectivity index (χ0v) is 9.37. The van der Waals surface area contributed by atoms with Crippen LogP contribution in [0.4, 0.5) is 13.2 Å². The van der Waals surface area contributed by atoms with Gasteiger partial charge in [-0.25, -0.2) is 0 Å². The molecule has 2 nitrogen and oxygen atoms in total. The highest BCUT2D eigenvalue weighted by Gasteiger charge is 2.31. The molecule has 17 heavy (non-hydrogen) atoms. The van der Waals surface area contributed by atoms with Gasteiger partial charge in [0.25, 0.3) is 0 Å². The summed E-state index contributed by atoms with van der Waals surface area (Å²) in [6, 6.07) is 2.16. The van der Waals surface area contributed by atoms with Crippen molar-refractivity contribution in [2.24, 2.45) is 11.7 Å². The van der Waals surface area contributed by atoms with Crippen molar-refractivity contribution in [1.82, 2.24) is 4.98 Å². The van der Waals surface area contributed by atoms with Gasteiger partial charge in [0.15, 0.2) is 0 Å². The van der Waals surface area contributed by atoms with Crippen molar-refractivity contribution in [1.29, 1.82) is 0 Å². The van der Waals surface area contributed by atoms with Gasteiger partial charge in [0, 0.05) is 12.2 Å². The summed E-state index contributed by atoms with van der Waals surface area (Å²) in [5, 5.41) is 0. The highest BCUT2D eigenvalue weighted by atomic mass is 19.4. The molecule has 94 valence electrons. The Bertz CT molecular complexity index is 368. The molecule has 1 aliphatic rings. The zero-order valence-electron chi connectivity index (χ0n) is 9.37. The molecule has 1 saturated carbocycles. The first kappa shape index (κ1) is 12.4. The molecule has 0 saturated heterocycles. The van der Waals surface area contributed by atoms with Gasteiger partial charge in [0.1, 0.15) is 0 Å². The molecule has 1 aromatic rings. The van der Waals surface area contributed by atoms with Crippen LogP contribution in [0.1, 0.15) is 43.0 Å². The lowest BCUT2D eigenvalue weighted by Gasteiger charge is -2.12. The maximum absolute atomic E-state index is 12.3. The van der Waals surface area contributed by atoms with Crippen LogP contribution in [0, 0.1) is 5.92 Å². The Morgan fingerprint density at radius 2 is 2.06 bits per heavy atom. The van der Waals surface area contributed by atoms with Crippen LogP contribution in [0.3, 0.4) is 0 Å². The van der Waals surface area contributed by atoms with Gasteiger partial charge in [-0.2, -0.15) is 13.2 Å². The Morgan fingerprint density at radius 1 is 1.35 bits per heavy atom. The Balaban J connectivity index is 1.96. The smallest absolute Gasteiger partial charge is 0.323 e. The lowest BCUT2D eigenvalue weighted by Crippen LogP contribution is -2.13. The molecule has 1 heterocycles. The number of pyridine rings is 1. The molecule has 0 aromatic carbocycles. The lowest BCUT2D eigenvalue weighted by molar-refractivity contribution is -0.137. The molecule has 1 fully saturated rings. The van der Waals surface area contributed by atoms with E-state index in [1.165, 1.54) is 18.9 Å². The Morgan fingerprint density at radius 3 is 2.53 bits per heavy atom. The van der Waals surface area contributed by atoms with E-state index in [0.29, 0.717) is 5.69 Å². The van der Waals surface area contributed by atoms with Crippen molar-refractivity contribution < 1.29 is 13.2 Å². The van der Waals surface area contributed by atoms with Gasteiger partial charge in [0.05, 0.1) is 11.3 Å². The van der Waals surface area contributed by atoms with E-state index >= 15 is 0 Å². The number of rotatable bonds is 4. The largest absolute Gasteiger partial charge is 0.417 e. The maximum atomic E-state index is 12.3. The third-order valence-corrected chi connectivity index (χ3v) is 3.08. The summed E-state index contributed by atoms with van der Waals surface area (Å²) in [4.78, 5) is 3.80. The molecule has 2 N–H and O–H groups in total. The molecule has 1 atom stereocenters. The molecule has 0 radical (unpaired) electrons. The summed E-state index contributed by atoms with van der Waals surface area (Å²) in [6.07, 6.45) is 0.878. The van der Waals surface area contributed by atoms with Crippen LogP contribution in [0.5, 0.6) is 0 Å². The fourth-order valence-corrected chi connectivity index (χ4v) is 1.76. The summed E-state index contributed by atoms with van der Waals surface area (Å²) < 4.78 is 36.9. The standard InChI is InChI=1S/C12H15F3N2/c13-12(14,15)9-4-6-11(17-7-9)10(16)5-3-8-1-2-8/h4,6-8,10H,1-3,5,16H2. The van der Waals surface area contributed by atoms with E-state index in [4.69, 9.17) is 5.73 Å². The highest BCUT2D eigenvalue weighted by molar-refractivity contribution is 5.18. The number of nitrogens with two attached hydrogens (primary N) is 1. The number of halogens is 3. The zero-order chi connectivity index (χ0) is 12.5.